The molecule has 1 fully saturated rings. The van der Waals surface area contributed by atoms with E-state index in [1.807, 2.05) is 0 Å². The molecule has 0 radical (unpaired) electrons. The van der Waals surface area contributed by atoms with Gasteiger partial charge in [-0.2, -0.15) is 13.2 Å². The van der Waals surface area contributed by atoms with Crippen molar-refractivity contribution in [3.63, 3.8) is 0 Å². The number of hydrogen-bond donors (Lipinski definition) is 1. The second kappa shape index (κ2) is 8.64. The minimum absolute atomic E-state index is 0.0752. The van der Waals surface area contributed by atoms with E-state index in [0.29, 0.717) is 13.1 Å². The van der Waals surface area contributed by atoms with Gasteiger partial charge in [-0.15, -0.1) is 10.2 Å². The maximum atomic E-state index is 12.6. The minimum Gasteiger partial charge on any atom is -0.325 e. The Kier molecular flexibility index (Phi) is 6.20. The van der Waals surface area contributed by atoms with Crippen molar-refractivity contribution in [1.82, 2.24) is 15.1 Å². The number of carbonyl (C=O) groups excluding carboxylic acids is 1. The van der Waals surface area contributed by atoms with Crippen molar-refractivity contribution in [3.8, 4) is 0 Å². The Bertz CT molecular complexity index is 902. The first-order valence-corrected chi connectivity index (χ1v) is 9.49. The molecule has 8 nitrogen and oxygen atoms in total. The zero-order valence-corrected chi connectivity index (χ0v) is 15.8. The molecule has 0 aliphatic carbocycles. The van der Waals surface area contributed by atoms with Crippen LogP contribution in [-0.4, -0.2) is 39.1 Å². The lowest BCUT2D eigenvalue weighted by molar-refractivity contribution is -0.387. The number of alkyl halides is 3. The van der Waals surface area contributed by atoms with Crippen LogP contribution in [0, 0.1) is 10.1 Å². The van der Waals surface area contributed by atoms with Crippen molar-refractivity contribution in [2.24, 2.45) is 0 Å². The van der Waals surface area contributed by atoms with Gasteiger partial charge in [0, 0.05) is 24.8 Å². The van der Waals surface area contributed by atoms with Crippen LogP contribution >= 0.6 is 11.8 Å². The number of piperidine rings is 1. The van der Waals surface area contributed by atoms with Gasteiger partial charge >= 0.3 is 12.2 Å². The number of amides is 2. The summed E-state index contributed by atoms with van der Waals surface area (Å²) in [5, 5.41) is 20.7. The van der Waals surface area contributed by atoms with Crippen LogP contribution in [0.4, 0.5) is 29.3 Å². The van der Waals surface area contributed by atoms with E-state index in [0.717, 1.165) is 43.2 Å². The number of anilines is 1. The number of benzene rings is 1. The van der Waals surface area contributed by atoms with Crippen LogP contribution in [0.3, 0.4) is 0 Å². The number of hydrogen-bond acceptors (Lipinski definition) is 6. The molecule has 29 heavy (non-hydrogen) atoms. The molecule has 1 N–H and O–H groups in total. The smallest absolute Gasteiger partial charge is 0.325 e. The predicted octanol–water partition coefficient (Wildman–Crippen LogP) is 4.57. The van der Waals surface area contributed by atoms with Gasteiger partial charge in [0.2, 0.25) is 0 Å². The Morgan fingerprint density at radius 1 is 1.14 bits per heavy atom. The summed E-state index contributed by atoms with van der Waals surface area (Å²) in [5.74, 6) is 0. The Morgan fingerprint density at radius 2 is 1.86 bits per heavy atom. The number of urea groups is 1. The number of halogens is 3. The number of nitro benzene ring substituents is 1. The highest BCUT2D eigenvalue weighted by atomic mass is 32.2. The van der Waals surface area contributed by atoms with E-state index in [1.165, 1.54) is 18.2 Å². The number of aromatic nitrogens is 2. The van der Waals surface area contributed by atoms with Gasteiger partial charge in [-0.25, -0.2) is 4.79 Å². The largest absolute Gasteiger partial charge is 0.435 e. The zero-order chi connectivity index (χ0) is 21.0. The number of rotatable bonds is 4. The van der Waals surface area contributed by atoms with E-state index in [2.05, 4.69) is 15.5 Å². The topological polar surface area (TPSA) is 101 Å². The van der Waals surface area contributed by atoms with E-state index in [1.54, 1.807) is 4.90 Å². The number of nitrogens with one attached hydrogen (secondary N) is 1. The van der Waals surface area contributed by atoms with Gasteiger partial charge in [0.25, 0.3) is 5.69 Å². The van der Waals surface area contributed by atoms with Crippen LogP contribution in [0.1, 0.15) is 25.0 Å². The molecule has 3 rings (SSSR count). The summed E-state index contributed by atoms with van der Waals surface area (Å²) >= 11 is 0.812. The standard InChI is InChI=1S/C17H16F3N5O3S/c18-17(19,20)14-6-7-15(23-22-14)29-13-5-4-11(10-12(13)25(27)28)21-16(26)24-8-2-1-3-9-24/h4-7,10H,1-3,8-9H2,(H,21,26). The molecule has 12 heteroatoms. The van der Waals surface area contributed by atoms with Gasteiger partial charge in [0.1, 0.15) is 5.03 Å². The van der Waals surface area contributed by atoms with Crippen LogP contribution in [0.25, 0.3) is 0 Å². The van der Waals surface area contributed by atoms with Gasteiger partial charge in [-0.1, -0.05) is 11.8 Å². The van der Waals surface area contributed by atoms with Gasteiger partial charge in [0.15, 0.2) is 5.69 Å². The SMILES string of the molecule is O=C(Nc1ccc(Sc2ccc(C(F)(F)F)nn2)c([N+](=O)[O-])c1)N1CCCCC1. The van der Waals surface area contributed by atoms with E-state index in [9.17, 15) is 28.1 Å². The average molecular weight is 427 g/mol. The Hall–Kier alpha value is -2.89. The lowest BCUT2D eigenvalue weighted by Gasteiger charge is -2.26. The number of carbonyl (C=O) groups is 1. The van der Waals surface area contributed by atoms with E-state index >= 15 is 0 Å². The first-order chi connectivity index (χ1) is 13.7. The second-order valence-corrected chi connectivity index (χ2v) is 7.34. The highest BCUT2D eigenvalue weighted by Gasteiger charge is 2.33. The molecular weight excluding hydrogens is 411 g/mol. The van der Waals surface area contributed by atoms with Crippen LogP contribution in [-0.2, 0) is 6.18 Å². The molecule has 2 heterocycles. The maximum absolute atomic E-state index is 12.6. The first-order valence-electron chi connectivity index (χ1n) is 8.67. The fourth-order valence-corrected chi connectivity index (χ4v) is 3.58. The zero-order valence-electron chi connectivity index (χ0n) is 15.0. The molecule has 1 saturated heterocycles. The fourth-order valence-electron chi connectivity index (χ4n) is 2.76. The van der Waals surface area contributed by atoms with Crippen molar-refractivity contribution in [1.29, 1.82) is 0 Å². The van der Waals surface area contributed by atoms with Crippen LogP contribution < -0.4 is 5.32 Å². The van der Waals surface area contributed by atoms with Crippen LogP contribution in [0.15, 0.2) is 40.3 Å². The second-order valence-electron chi connectivity index (χ2n) is 6.27. The molecule has 0 atom stereocenters. The summed E-state index contributed by atoms with van der Waals surface area (Å²) in [6.07, 6.45) is -1.72. The van der Waals surface area contributed by atoms with E-state index < -0.39 is 16.8 Å². The van der Waals surface area contributed by atoms with Crippen LogP contribution in [0.2, 0.25) is 0 Å². The summed E-state index contributed by atoms with van der Waals surface area (Å²) in [7, 11) is 0. The Balaban J connectivity index is 1.75. The number of nitro groups is 1. The van der Waals surface area contributed by atoms with Crippen molar-refractivity contribution in [2.45, 2.75) is 35.4 Å². The van der Waals surface area contributed by atoms with Gasteiger partial charge in [-0.3, -0.25) is 10.1 Å². The molecule has 0 bridgehead atoms. The lowest BCUT2D eigenvalue weighted by atomic mass is 10.1. The van der Waals surface area contributed by atoms with Crippen molar-refractivity contribution >= 4 is 29.2 Å². The highest BCUT2D eigenvalue weighted by Crippen LogP contribution is 2.36. The summed E-state index contributed by atoms with van der Waals surface area (Å²) < 4.78 is 37.7. The Labute approximate surface area is 167 Å². The van der Waals surface area contributed by atoms with E-state index in [-0.39, 0.29) is 27.3 Å². The quantitative estimate of drug-likeness (QED) is 0.566. The summed E-state index contributed by atoms with van der Waals surface area (Å²) in [5.41, 5.74) is -1.18. The fraction of sp³-hybridized carbons (Fsp3) is 0.353. The highest BCUT2D eigenvalue weighted by molar-refractivity contribution is 7.99. The normalized spacial score (nSPS) is 14.5. The first kappa shape index (κ1) is 20.8. The summed E-state index contributed by atoms with van der Waals surface area (Å²) in [6, 6.07) is 5.64. The van der Waals surface area contributed by atoms with Crippen LogP contribution in [0.5, 0.6) is 0 Å². The number of nitrogens with zero attached hydrogens (tertiary/aromatic N) is 4. The van der Waals surface area contributed by atoms with Crippen molar-refractivity contribution < 1.29 is 22.9 Å². The third-order valence-corrected chi connectivity index (χ3v) is 5.19. The maximum Gasteiger partial charge on any atom is 0.435 e. The van der Waals surface area contributed by atoms with E-state index in [4.69, 9.17) is 0 Å². The molecule has 1 aromatic heterocycles. The Morgan fingerprint density at radius 3 is 2.45 bits per heavy atom. The molecule has 1 aromatic carbocycles. The minimum atomic E-state index is -4.61. The van der Waals surface area contributed by atoms with Gasteiger partial charge < -0.3 is 10.2 Å². The monoisotopic (exact) mass is 427 g/mol. The molecule has 2 aromatic rings. The average Bonchev–Trinajstić information content (AvgIpc) is 2.69. The summed E-state index contributed by atoms with van der Waals surface area (Å²) in [4.78, 5) is 24.9. The third kappa shape index (κ3) is 5.34. The molecule has 2 amide bonds. The molecule has 0 unspecified atom stereocenters. The number of likely N-dealkylation sites (tertiary alicyclic amines) is 1. The molecule has 154 valence electrons. The molecule has 0 saturated carbocycles. The summed E-state index contributed by atoms with van der Waals surface area (Å²) in [6.45, 7) is 1.27. The predicted molar refractivity (Wildman–Crippen MR) is 98.7 cm³/mol. The lowest BCUT2D eigenvalue weighted by Crippen LogP contribution is -2.38. The molecule has 1 aliphatic rings. The van der Waals surface area contributed by atoms with Gasteiger partial charge in [-0.05, 0) is 43.5 Å². The van der Waals surface area contributed by atoms with Crippen molar-refractivity contribution in [3.05, 3.63) is 46.1 Å². The molecular formula is C17H16F3N5O3S. The molecule has 1 aliphatic heterocycles. The molecule has 0 spiro atoms. The van der Waals surface area contributed by atoms with Gasteiger partial charge in [0.05, 0.1) is 9.82 Å². The van der Waals surface area contributed by atoms with Crippen molar-refractivity contribution in [2.75, 3.05) is 18.4 Å². The third-order valence-electron chi connectivity index (χ3n) is 4.20.